The molecule has 0 spiro atoms. The summed E-state index contributed by atoms with van der Waals surface area (Å²) in [5, 5.41) is 2.89. The molecule has 2 heterocycles. The SMILES string of the molecule is COc1cccc(CNC(=O)c2cncc3c2CCN(S(C)(=O)=O)C3)c1. The van der Waals surface area contributed by atoms with Crippen molar-refractivity contribution in [1.29, 1.82) is 0 Å². The molecule has 8 heteroatoms. The summed E-state index contributed by atoms with van der Waals surface area (Å²) in [4.78, 5) is 16.7. The van der Waals surface area contributed by atoms with Gasteiger partial charge in [-0.3, -0.25) is 9.78 Å². The first-order valence-corrected chi connectivity index (χ1v) is 10.1. The molecule has 0 bridgehead atoms. The van der Waals surface area contributed by atoms with E-state index < -0.39 is 10.0 Å². The number of sulfonamides is 1. The molecule has 138 valence electrons. The molecule has 1 amide bonds. The van der Waals surface area contributed by atoms with E-state index in [4.69, 9.17) is 4.74 Å². The number of hydrogen-bond acceptors (Lipinski definition) is 5. The highest BCUT2D eigenvalue weighted by Crippen LogP contribution is 2.23. The maximum absolute atomic E-state index is 12.6. The molecule has 1 aliphatic heterocycles. The van der Waals surface area contributed by atoms with Gasteiger partial charge in [0.1, 0.15) is 5.75 Å². The number of methoxy groups -OCH3 is 1. The van der Waals surface area contributed by atoms with Crippen LogP contribution in [-0.2, 0) is 29.5 Å². The van der Waals surface area contributed by atoms with E-state index in [9.17, 15) is 13.2 Å². The number of aromatic nitrogens is 1. The van der Waals surface area contributed by atoms with Gasteiger partial charge in [-0.1, -0.05) is 12.1 Å². The Morgan fingerprint density at radius 2 is 2.15 bits per heavy atom. The molecule has 3 rings (SSSR count). The molecule has 0 saturated heterocycles. The van der Waals surface area contributed by atoms with Crippen LogP contribution in [0.3, 0.4) is 0 Å². The van der Waals surface area contributed by atoms with Crippen molar-refractivity contribution in [3.63, 3.8) is 0 Å². The zero-order valence-corrected chi connectivity index (χ0v) is 15.5. The maximum Gasteiger partial charge on any atom is 0.253 e. The Morgan fingerprint density at radius 3 is 2.88 bits per heavy atom. The summed E-state index contributed by atoms with van der Waals surface area (Å²) < 4.78 is 30.1. The summed E-state index contributed by atoms with van der Waals surface area (Å²) in [5.74, 6) is 0.515. The number of carbonyl (C=O) groups is 1. The van der Waals surface area contributed by atoms with Gasteiger partial charge in [0.05, 0.1) is 18.9 Å². The predicted molar refractivity (Wildman–Crippen MR) is 97.4 cm³/mol. The highest BCUT2D eigenvalue weighted by Gasteiger charge is 2.26. The van der Waals surface area contributed by atoms with Gasteiger partial charge in [0.2, 0.25) is 10.0 Å². The minimum Gasteiger partial charge on any atom is -0.497 e. The second-order valence-electron chi connectivity index (χ2n) is 6.21. The van der Waals surface area contributed by atoms with Gasteiger partial charge >= 0.3 is 0 Å². The standard InChI is InChI=1S/C18H21N3O4S/c1-25-15-5-3-4-13(8-15)9-20-18(22)17-11-19-10-14-12-21(26(2,23)24)7-6-16(14)17/h3-5,8,10-11H,6-7,9,12H2,1-2H3,(H,20,22). The Kier molecular flexibility index (Phi) is 5.24. The van der Waals surface area contributed by atoms with Crippen molar-refractivity contribution in [3.8, 4) is 5.75 Å². The van der Waals surface area contributed by atoms with Gasteiger partial charge in [0, 0.05) is 32.0 Å². The molecule has 1 N–H and O–H groups in total. The molecule has 0 unspecified atom stereocenters. The fourth-order valence-corrected chi connectivity index (χ4v) is 3.80. The zero-order chi connectivity index (χ0) is 18.7. The summed E-state index contributed by atoms with van der Waals surface area (Å²) in [6, 6.07) is 7.48. The number of nitrogens with one attached hydrogen (secondary N) is 1. The summed E-state index contributed by atoms with van der Waals surface area (Å²) in [7, 11) is -1.66. The Labute approximate surface area is 153 Å². The molecule has 1 aromatic carbocycles. The normalized spacial score (nSPS) is 14.5. The highest BCUT2D eigenvalue weighted by molar-refractivity contribution is 7.88. The van der Waals surface area contributed by atoms with Crippen LogP contribution in [0, 0.1) is 0 Å². The fraction of sp³-hybridized carbons (Fsp3) is 0.333. The lowest BCUT2D eigenvalue weighted by Crippen LogP contribution is -2.36. The van der Waals surface area contributed by atoms with E-state index in [1.807, 2.05) is 24.3 Å². The lowest BCUT2D eigenvalue weighted by molar-refractivity contribution is 0.0949. The Hall–Kier alpha value is -2.45. The van der Waals surface area contributed by atoms with Gasteiger partial charge in [-0.05, 0) is 35.2 Å². The molecule has 26 heavy (non-hydrogen) atoms. The number of carbonyl (C=O) groups excluding carboxylic acids is 1. The Balaban J connectivity index is 1.75. The minimum atomic E-state index is -3.26. The summed E-state index contributed by atoms with van der Waals surface area (Å²) in [5.41, 5.74) is 3.07. The van der Waals surface area contributed by atoms with Gasteiger partial charge in [-0.15, -0.1) is 0 Å². The van der Waals surface area contributed by atoms with E-state index in [1.165, 1.54) is 16.8 Å². The van der Waals surface area contributed by atoms with Crippen LogP contribution in [0.5, 0.6) is 5.75 Å². The van der Waals surface area contributed by atoms with Crippen LogP contribution in [0.15, 0.2) is 36.7 Å². The first-order chi connectivity index (χ1) is 12.4. The molecule has 0 radical (unpaired) electrons. The van der Waals surface area contributed by atoms with Crippen LogP contribution in [0.1, 0.15) is 27.0 Å². The van der Waals surface area contributed by atoms with E-state index >= 15 is 0 Å². The number of benzene rings is 1. The van der Waals surface area contributed by atoms with Crippen molar-refractivity contribution in [2.45, 2.75) is 19.5 Å². The number of pyridine rings is 1. The molecule has 0 saturated carbocycles. The van der Waals surface area contributed by atoms with Crippen molar-refractivity contribution in [2.75, 3.05) is 19.9 Å². The van der Waals surface area contributed by atoms with Crippen LogP contribution < -0.4 is 10.1 Å². The van der Waals surface area contributed by atoms with Crippen LogP contribution in [-0.4, -0.2) is 43.5 Å². The third-order valence-electron chi connectivity index (χ3n) is 4.41. The molecule has 7 nitrogen and oxygen atoms in total. The number of ether oxygens (including phenoxy) is 1. The van der Waals surface area contributed by atoms with Gasteiger partial charge in [-0.2, -0.15) is 4.31 Å². The van der Waals surface area contributed by atoms with Gasteiger partial charge < -0.3 is 10.1 Å². The first-order valence-electron chi connectivity index (χ1n) is 8.20. The topological polar surface area (TPSA) is 88.6 Å². The van der Waals surface area contributed by atoms with Crippen molar-refractivity contribution >= 4 is 15.9 Å². The second-order valence-corrected chi connectivity index (χ2v) is 8.19. The van der Waals surface area contributed by atoms with E-state index in [-0.39, 0.29) is 12.5 Å². The van der Waals surface area contributed by atoms with Gasteiger partial charge in [0.15, 0.2) is 0 Å². The first kappa shape index (κ1) is 18.3. The predicted octanol–water partition coefficient (Wildman–Crippen LogP) is 1.34. The number of nitrogens with zero attached hydrogens (tertiary/aromatic N) is 2. The molecule has 2 aromatic rings. The maximum atomic E-state index is 12.6. The highest BCUT2D eigenvalue weighted by atomic mass is 32.2. The summed E-state index contributed by atoms with van der Waals surface area (Å²) >= 11 is 0. The third kappa shape index (κ3) is 4.03. The van der Waals surface area contributed by atoms with Crippen molar-refractivity contribution in [1.82, 2.24) is 14.6 Å². The lowest BCUT2D eigenvalue weighted by atomic mass is 9.98. The average Bonchev–Trinajstić information content (AvgIpc) is 2.64. The molecule has 0 aliphatic carbocycles. The van der Waals surface area contributed by atoms with Crippen LogP contribution >= 0.6 is 0 Å². The summed E-state index contributed by atoms with van der Waals surface area (Å²) in [6.45, 7) is 0.985. The molecule has 0 fully saturated rings. The van der Waals surface area contributed by atoms with Crippen molar-refractivity contribution < 1.29 is 17.9 Å². The fourth-order valence-electron chi connectivity index (χ4n) is 3.01. The number of amides is 1. The van der Waals surface area contributed by atoms with Crippen LogP contribution in [0.2, 0.25) is 0 Å². The number of fused-ring (bicyclic) bond motifs is 1. The van der Waals surface area contributed by atoms with Gasteiger partial charge in [-0.25, -0.2) is 8.42 Å². The zero-order valence-electron chi connectivity index (χ0n) is 14.7. The van der Waals surface area contributed by atoms with Crippen molar-refractivity contribution in [2.24, 2.45) is 0 Å². The van der Waals surface area contributed by atoms with E-state index in [1.54, 1.807) is 13.3 Å². The number of rotatable bonds is 5. The lowest BCUT2D eigenvalue weighted by Gasteiger charge is -2.27. The third-order valence-corrected chi connectivity index (χ3v) is 5.66. The minimum absolute atomic E-state index is 0.218. The Morgan fingerprint density at radius 1 is 1.35 bits per heavy atom. The largest absolute Gasteiger partial charge is 0.497 e. The van der Waals surface area contributed by atoms with Gasteiger partial charge in [0.25, 0.3) is 5.91 Å². The molecule has 1 aromatic heterocycles. The monoisotopic (exact) mass is 375 g/mol. The molecular weight excluding hydrogens is 354 g/mol. The van der Waals surface area contributed by atoms with Crippen LogP contribution in [0.4, 0.5) is 0 Å². The smallest absolute Gasteiger partial charge is 0.253 e. The van der Waals surface area contributed by atoms with Crippen LogP contribution in [0.25, 0.3) is 0 Å². The average molecular weight is 375 g/mol. The molecule has 0 atom stereocenters. The van der Waals surface area contributed by atoms with E-state index in [2.05, 4.69) is 10.3 Å². The second kappa shape index (κ2) is 7.43. The van der Waals surface area contributed by atoms with E-state index in [0.29, 0.717) is 25.1 Å². The quantitative estimate of drug-likeness (QED) is 0.852. The molecule has 1 aliphatic rings. The Bertz CT molecular complexity index is 928. The molecular formula is C18H21N3O4S. The van der Waals surface area contributed by atoms with Crippen molar-refractivity contribution in [3.05, 3.63) is 58.9 Å². The van der Waals surface area contributed by atoms with E-state index in [0.717, 1.165) is 22.4 Å². The summed E-state index contributed by atoms with van der Waals surface area (Å²) in [6.07, 6.45) is 4.85. The number of hydrogen-bond donors (Lipinski definition) is 1.